The van der Waals surface area contributed by atoms with Gasteiger partial charge in [-0.1, -0.05) is 18.2 Å². The number of aryl methyl sites for hydroxylation is 1. The van der Waals surface area contributed by atoms with E-state index < -0.39 is 16.0 Å². The fourth-order valence-electron chi connectivity index (χ4n) is 2.33. The molecule has 0 spiro atoms. The average Bonchev–Trinajstić information content (AvgIpc) is 3.07. The monoisotopic (exact) mass is 402 g/mol. The SMILES string of the molecule is Cc1nn(-c2ccccc2)nc1C(=O)OCCOc1ccc(S(N)(=O)=O)cc1. The molecule has 10 heteroatoms. The normalized spacial score (nSPS) is 11.2. The second-order valence-corrected chi connectivity index (χ2v) is 7.32. The maximum Gasteiger partial charge on any atom is 0.360 e. The Kier molecular flexibility index (Phi) is 5.71. The summed E-state index contributed by atoms with van der Waals surface area (Å²) < 4.78 is 33.0. The first-order valence-corrected chi connectivity index (χ1v) is 9.81. The van der Waals surface area contributed by atoms with E-state index in [1.165, 1.54) is 29.1 Å². The number of carbonyl (C=O) groups is 1. The molecule has 3 aromatic rings. The molecule has 28 heavy (non-hydrogen) atoms. The Bertz CT molecular complexity index is 1060. The first-order valence-electron chi connectivity index (χ1n) is 8.27. The number of rotatable bonds is 7. The molecule has 0 saturated heterocycles. The van der Waals surface area contributed by atoms with Crippen LogP contribution in [0.3, 0.4) is 0 Å². The minimum absolute atomic E-state index is 0.00654. The molecule has 0 fully saturated rings. The lowest BCUT2D eigenvalue weighted by Gasteiger charge is -2.07. The number of aromatic nitrogens is 3. The van der Waals surface area contributed by atoms with E-state index in [2.05, 4.69) is 10.2 Å². The number of para-hydroxylation sites is 1. The summed E-state index contributed by atoms with van der Waals surface area (Å²) in [6.07, 6.45) is 0. The van der Waals surface area contributed by atoms with Crippen molar-refractivity contribution < 1.29 is 22.7 Å². The fourth-order valence-corrected chi connectivity index (χ4v) is 2.85. The van der Waals surface area contributed by atoms with Gasteiger partial charge in [0.1, 0.15) is 19.0 Å². The van der Waals surface area contributed by atoms with Crippen LogP contribution in [0.15, 0.2) is 59.5 Å². The van der Waals surface area contributed by atoms with Crippen LogP contribution in [0.2, 0.25) is 0 Å². The van der Waals surface area contributed by atoms with Gasteiger partial charge in [0.25, 0.3) is 0 Å². The van der Waals surface area contributed by atoms with E-state index in [-0.39, 0.29) is 23.8 Å². The zero-order valence-electron chi connectivity index (χ0n) is 15.0. The molecule has 0 bridgehead atoms. The zero-order valence-corrected chi connectivity index (χ0v) is 15.8. The highest BCUT2D eigenvalue weighted by atomic mass is 32.2. The molecule has 3 rings (SSSR count). The molecule has 0 atom stereocenters. The lowest BCUT2D eigenvalue weighted by Crippen LogP contribution is -2.14. The van der Waals surface area contributed by atoms with Crippen LogP contribution in [0.1, 0.15) is 16.2 Å². The van der Waals surface area contributed by atoms with Crippen molar-refractivity contribution in [2.45, 2.75) is 11.8 Å². The van der Waals surface area contributed by atoms with Gasteiger partial charge in [-0.2, -0.15) is 9.90 Å². The number of nitrogens with zero attached hydrogens (tertiary/aromatic N) is 3. The Morgan fingerprint density at radius 3 is 2.36 bits per heavy atom. The minimum Gasteiger partial charge on any atom is -0.490 e. The van der Waals surface area contributed by atoms with Gasteiger partial charge in [0, 0.05) is 0 Å². The number of ether oxygens (including phenoxy) is 2. The van der Waals surface area contributed by atoms with E-state index in [1.54, 1.807) is 6.92 Å². The van der Waals surface area contributed by atoms with Gasteiger partial charge in [-0.25, -0.2) is 18.4 Å². The predicted molar refractivity (Wildman–Crippen MR) is 99.7 cm³/mol. The number of benzene rings is 2. The largest absolute Gasteiger partial charge is 0.490 e. The van der Waals surface area contributed by atoms with Crippen LogP contribution >= 0.6 is 0 Å². The number of sulfonamides is 1. The quantitative estimate of drug-likeness (QED) is 0.468. The van der Waals surface area contributed by atoms with Gasteiger partial charge in [-0.3, -0.25) is 0 Å². The summed E-state index contributed by atoms with van der Waals surface area (Å²) in [5.41, 5.74) is 1.31. The van der Waals surface area contributed by atoms with Crippen LogP contribution in [-0.2, 0) is 14.8 Å². The number of nitrogens with two attached hydrogens (primary N) is 1. The topological polar surface area (TPSA) is 126 Å². The van der Waals surface area contributed by atoms with Crippen molar-refractivity contribution in [3.05, 3.63) is 66.0 Å². The Morgan fingerprint density at radius 2 is 1.71 bits per heavy atom. The maximum absolute atomic E-state index is 12.2. The predicted octanol–water partition coefficient (Wildman–Crippen LogP) is 1.46. The number of hydrogen-bond acceptors (Lipinski definition) is 7. The van der Waals surface area contributed by atoms with Crippen molar-refractivity contribution in [1.29, 1.82) is 0 Å². The number of carbonyl (C=O) groups excluding carboxylic acids is 1. The Labute approximate surface area is 161 Å². The van der Waals surface area contributed by atoms with Crippen LogP contribution in [0.5, 0.6) is 5.75 Å². The van der Waals surface area contributed by atoms with Crippen molar-refractivity contribution in [2.24, 2.45) is 5.14 Å². The molecule has 0 saturated carbocycles. The van der Waals surface area contributed by atoms with Crippen LogP contribution in [-0.4, -0.2) is 42.6 Å². The van der Waals surface area contributed by atoms with E-state index in [0.29, 0.717) is 11.4 Å². The van der Waals surface area contributed by atoms with Gasteiger partial charge >= 0.3 is 5.97 Å². The van der Waals surface area contributed by atoms with E-state index in [0.717, 1.165) is 5.69 Å². The van der Waals surface area contributed by atoms with Gasteiger partial charge < -0.3 is 9.47 Å². The van der Waals surface area contributed by atoms with Crippen molar-refractivity contribution >= 4 is 16.0 Å². The average molecular weight is 402 g/mol. The van der Waals surface area contributed by atoms with Crippen LogP contribution < -0.4 is 9.88 Å². The number of hydrogen-bond donors (Lipinski definition) is 1. The summed E-state index contributed by atoms with van der Waals surface area (Å²) in [6, 6.07) is 14.8. The lowest BCUT2D eigenvalue weighted by atomic mass is 10.3. The maximum atomic E-state index is 12.2. The molecule has 0 aliphatic heterocycles. The number of esters is 1. The standard InChI is InChI=1S/C18H18N4O5S/c1-13-17(21-22(20-13)14-5-3-2-4-6-14)18(23)27-12-11-26-15-7-9-16(10-8-15)28(19,24)25/h2-10H,11-12H2,1H3,(H2,19,24,25). The molecule has 0 aliphatic carbocycles. The highest BCUT2D eigenvalue weighted by Crippen LogP contribution is 2.15. The van der Waals surface area contributed by atoms with Crippen molar-refractivity contribution in [3.8, 4) is 11.4 Å². The minimum atomic E-state index is -3.75. The Balaban J connectivity index is 1.53. The molecule has 0 unspecified atom stereocenters. The van der Waals surface area contributed by atoms with Crippen molar-refractivity contribution in [1.82, 2.24) is 15.0 Å². The Hall–Kier alpha value is -3.24. The number of primary sulfonamides is 1. The summed E-state index contributed by atoms with van der Waals surface area (Å²) in [7, 11) is -3.75. The molecule has 9 nitrogen and oxygen atoms in total. The second kappa shape index (κ2) is 8.19. The molecule has 0 amide bonds. The first-order chi connectivity index (χ1) is 13.3. The molecule has 0 aliphatic rings. The molecule has 146 valence electrons. The van der Waals surface area contributed by atoms with Gasteiger partial charge in [-0.05, 0) is 43.3 Å². The molecule has 1 heterocycles. The molecular weight excluding hydrogens is 384 g/mol. The lowest BCUT2D eigenvalue weighted by molar-refractivity contribution is 0.0442. The van der Waals surface area contributed by atoms with Crippen molar-refractivity contribution in [2.75, 3.05) is 13.2 Å². The van der Waals surface area contributed by atoms with E-state index in [9.17, 15) is 13.2 Å². The summed E-state index contributed by atoms with van der Waals surface area (Å²) in [5.74, 6) is -0.178. The van der Waals surface area contributed by atoms with E-state index >= 15 is 0 Å². The zero-order chi connectivity index (χ0) is 20.1. The smallest absolute Gasteiger partial charge is 0.360 e. The molecule has 2 N–H and O–H groups in total. The van der Waals surface area contributed by atoms with Gasteiger partial charge in [0.15, 0.2) is 5.69 Å². The molecule has 0 radical (unpaired) electrons. The third-order valence-electron chi connectivity index (χ3n) is 3.70. The van der Waals surface area contributed by atoms with E-state index in [4.69, 9.17) is 14.6 Å². The van der Waals surface area contributed by atoms with Gasteiger partial charge in [0.2, 0.25) is 10.0 Å². The fraction of sp³-hybridized carbons (Fsp3) is 0.167. The van der Waals surface area contributed by atoms with Crippen LogP contribution in [0, 0.1) is 6.92 Å². The summed E-state index contributed by atoms with van der Waals surface area (Å²) in [6.45, 7) is 1.76. The molecular formula is C18H18N4O5S. The second-order valence-electron chi connectivity index (χ2n) is 5.76. The summed E-state index contributed by atoms with van der Waals surface area (Å²) in [5, 5.41) is 13.4. The highest BCUT2D eigenvalue weighted by Gasteiger charge is 2.17. The third kappa shape index (κ3) is 4.72. The summed E-state index contributed by atoms with van der Waals surface area (Å²) >= 11 is 0. The summed E-state index contributed by atoms with van der Waals surface area (Å²) in [4.78, 5) is 13.6. The molecule has 1 aromatic heterocycles. The van der Waals surface area contributed by atoms with Crippen LogP contribution in [0.4, 0.5) is 0 Å². The Morgan fingerprint density at radius 1 is 1.04 bits per heavy atom. The third-order valence-corrected chi connectivity index (χ3v) is 4.63. The van der Waals surface area contributed by atoms with Crippen LogP contribution in [0.25, 0.3) is 5.69 Å². The highest BCUT2D eigenvalue weighted by molar-refractivity contribution is 7.89. The first kappa shape index (κ1) is 19.5. The van der Waals surface area contributed by atoms with Gasteiger partial charge in [0.05, 0.1) is 16.3 Å². The van der Waals surface area contributed by atoms with E-state index in [1.807, 2.05) is 30.3 Å². The van der Waals surface area contributed by atoms with Crippen molar-refractivity contribution in [3.63, 3.8) is 0 Å². The molecule has 2 aromatic carbocycles. The van der Waals surface area contributed by atoms with Gasteiger partial charge in [-0.15, -0.1) is 5.10 Å².